The van der Waals surface area contributed by atoms with Crippen LogP contribution >= 0.6 is 11.8 Å². The Morgan fingerprint density at radius 1 is 1.33 bits per heavy atom. The van der Waals surface area contributed by atoms with Gasteiger partial charge in [-0.25, -0.2) is 4.79 Å². The Morgan fingerprint density at radius 2 is 2.05 bits per heavy atom. The Balaban J connectivity index is 2.17. The fourth-order valence-electron chi connectivity index (χ4n) is 3.04. The lowest BCUT2D eigenvalue weighted by molar-refractivity contribution is 0.0693. The molecule has 116 valence electrons. The second kappa shape index (κ2) is 7.18. The molecule has 4 nitrogen and oxygen atoms in total. The van der Waals surface area contributed by atoms with Crippen molar-refractivity contribution in [3.05, 3.63) is 23.8 Å². The number of aliphatic hydroxyl groups is 1. The van der Waals surface area contributed by atoms with Gasteiger partial charge in [0, 0.05) is 22.5 Å². The van der Waals surface area contributed by atoms with E-state index in [1.807, 2.05) is 18.4 Å². The van der Waals surface area contributed by atoms with Gasteiger partial charge in [-0.15, -0.1) is 11.8 Å². The Hall–Kier alpha value is -1.20. The number of thioether (sulfide) groups is 1. The highest BCUT2D eigenvalue weighted by molar-refractivity contribution is 7.98. The van der Waals surface area contributed by atoms with Crippen LogP contribution < -0.4 is 5.32 Å². The van der Waals surface area contributed by atoms with Crippen molar-refractivity contribution >= 4 is 23.4 Å². The molecule has 0 heterocycles. The monoisotopic (exact) mass is 309 g/mol. The van der Waals surface area contributed by atoms with Crippen molar-refractivity contribution in [1.29, 1.82) is 0 Å². The maximum atomic E-state index is 11.5. The molecule has 0 amide bonds. The molecule has 2 rings (SSSR count). The van der Waals surface area contributed by atoms with Crippen LogP contribution in [0, 0.1) is 5.41 Å². The summed E-state index contributed by atoms with van der Waals surface area (Å²) in [6, 6.07) is 5.49. The lowest BCUT2D eigenvalue weighted by atomic mass is 9.74. The van der Waals surface area contributed by atoms with Crippen LogP contribution in [-0.2, 0) is 0 Å². The fraction of sp³-hybridized carbons (Fsp3) is 0.562. The zero-order chi connectivity index (χ0) is 15.3. The van der Waals surface area contributed by atoms with Gasteiger partial charge in [0.2, 0.25) is 0 Å². The molecule has 1 aliphatic carbocycles. The number of carboxylic acid groups (broad SMARTS) is 1. The van der Waals surface area contributed by atoms with Crippen LogP contribution in [0.25, 0.3) is 0 Å². The van der Waals surface area contributed by atoms with Gasteiger partial charge in [-0.2, -0.15) is 0 Å². The van der Waals surface area contributed by atoms with Crippen molar-refractivity contribution in [1.82, 2.24) is 0 Å². The van der Waals surface area contributed by atoms with Crippen LogP contribution in [0.15, 0.2) is 23.1 Å². The van der Waals surface area contributed by atoms with Crippen molar-refractivity contribution in [2.75, 3.05) is 24.7 Å². The van der Waals surface area contributed by atoms with Gasteiger partial charge < -0.3 is 15.5 Å². The van der Waals surface area contributed by atoms with E-state index >= 15 is 0 Å². The van der Waals surface area contributed by atoms with E-state index < -0.39 is 5.97 Å². The first-order valence-electron chi connectivity index (χ1n) is 7.37. The molecular weight excluding hydrogens is 286 g/mol. The molecular formula is C16H23NO3S. The summed E-state index contributed by atoms with van der Waals surface area (Å²) in [5.74, 6) is -0.913. The van der Waals surface area contributed by atoms with Crippen molar-refractivity contribution in [3.63, 3.8) is 0 Å². The lowest BCUT2D eigenvalue weighted by Gasteiger charge is -2.36. The summed E-state index contributed by atoms with van der Waals surface area (Å²) in [5.41, 5.74) is 0.866. The molecule has 1 saturated carbocycles. The number of aromatic carboxylic acids is 1. The number of anilines is 1. The summed E-state index contributed by atoms with van der Waals surface area (Å²) in [7, 11) is 0. The Morgan fingerprint density at radius 3 is 2.62 bits per heavy atom. The van der Waals surface area contributed by atoms with E-state index in [1.165, 1.54) is 18.2 Å². The quantitative estimate of drug-likeness (QED) is 0.702. The number of carboxylic acids is 1. The number of rotatable bonds is 6. The van der Waals surface area contributed by atoms with E-state index in [2.05, 4.69) is 5.32 Å². The molecule has 0 aromatic heterocycles. The molecule has 1 aromatic carbocycles. The van der Waals surface area contributed by atoms with Gasteiger partial charge in [0.1, 0.15) is 0 Å². The Labute approximate surface area is 129 Å². The summed E-state index contributed by atoms with van der Waals surface area (Å²) < 4.78 is 0. The minimum Gasteiger partial charge on any atom is -0.478 e. The smallest absolute Gasteiger partial charge is 0.338 e. The molecule has 1 aromatic rings. The second-order valence-corrected chi connectivity index (χ2v) is 6.61. The average Bonchev–Trinajstić information content (AvgIpc) is 2.53. The molecule has 5 heteroatoms. The highest BCUT2D eigenvalue weighted by Crippen LogP contribution is 2.36. The van der Waals surface area contributed by atoms with E-state index in [0.29, 0.717) is 17.8 Å². The van der Waals surface area contributed by atoms with Crippen molar-refractivity contribution < 1.29 is 15.0 Å². The van der Waals surface area contributed by atoms with E-state index in [9.17, 15) is 15.0 Å². The van der Waals surface area contributed by atoms with Crippen LogP contribution in [0.4, 0.5) is 5.69 Å². The summed E-state index contributed by atoms with van der Waals surface area (Å²) in [6.07, 6.45) is 7.38. The summed E-state index contributed by atoms with van der Waals surface area (Å²) in [5, 5.41) is 22.4. The topological polar surface area (TPSA) is 69.6 Å². The van der Waals surface area contributed by atoms with E-state index in [4.69, 9.17) is 0 Å². The zero-order valence-electron chi connectivity index (χ0n) is 12.4. The highest BCUT2D eigenvalue weighted by Gasteiger charge is 2.31. The first-order chi connectivity index (χ1) is 10.1. The molecule has 0 aliphatic heterocycles. The van der Waals surface area contributed by atoms with Crippen LogP contribution in [0.2, 0.25) is 0 Å². The number of hydrogen-bond donors (Lipinski definition) is 3. The lowest BCUT2D eigenvalue weighted by Crippen LogP contribution is -2.35. The molecule has 3 N–H and O–H groups in total. The third kappa shape index (κ3) is 3.71. The Bertz CT molecular complexity index is 498. The first kappa shape index (κ1) is 16.2. The summed E-state index contributed by atoms with van der Waals surface area (Å²) in [4.78, 5) is 12.3. The van der Waals surface area contributed by atoms with E-state index in [0.717, 1.165) is 30.6 Å². The second-order valence-electron chi connectivity index (χ2n) is 5.76. The minimum atomic E-state index is -0.913. The zero-order valence-corrected chi connectivity index (χ0v) is 13.2. The van der Waals surface area contributed by atoms with Crippen molar-refractivity contribution in [2.45, 2.75) is 37.0 Å². The standard InChI is InChI=1S/C16H23NO3S/c1-21-13-7-5-6-12(14(13)15(19)20)17-10-16(11-18)8-3-2-4-9-16/h5-7,17-18H,2-4,8-11H2,1H3,(H,19,20). The molecule has 1 aliphatic rings. The van der Waals surface area contributed by atoms with Crippen LogP contribution in [-0.4, -0.2) is 35.6 Å². The molecule has 0 atom stereocenters. The average molecular weight is 309 g/mol. The maximum Gasteiger partial charge on any atom is 0.338 e. The van der Waals surface area contributed by atoms with E-state index in [1.54, 1.807) is 6.07 Å². The molecule has 21 heavy (non-hydrogen) atoms. The fourth-order valence-corrected chi connectivity index (χ4v) is 3.66. The predicted molar refractivity (Wildman–Crippen MR) is 86.3 cm³/mol. The number of benzene rings is 1. The van der Waals surface area contributed by atoms with Gasteiger partial charge in [-0.1, -0.05) is 25.3 Å². The van der Waals surface area contributed by atoms with Gasteiger partial charge in [-0.3, -0.25) is 0 Å². The summed E-state index contributed by atoms with van der Waals surface area (Å²) in [6.45, 7) is 0.784. The van der Waals surface area contributed by atoms with Gasteiger partial charge >= 0.3 is 5.97 Å². The maximum absolute atomic E-state index is 11.5. The van der Waals surface area contributed by atoms with Gasteiger partial charge in [0.05, 0.1) is 12.2 Å². The van der Waals surface area contributed by atoms with Crippen LogP contribution in [0.5, 0.6) is 0 Å². The molecule has 0 saturated heterocycles. The van der Waals surface area contributed by atoms with Crippen molar-refractivity contribution in [3.8, 4) is 0 Å². The normalized spacial score (nSPS) is 17.4. The molecule has 1 fully saturated rings. The Kier molecular flexibility index (Phi) is 5.53. The molecule has 0 spiro atoms. The molecule has 0 unspecified atom stereocenters. The largest absolute Gasteiger partial charge is 0.478 e. The van der Waals surface area contributed by atoms with Gasteiger partial charge in [0.25, 0.3) is 0 Å². The predicted octanol–water partition coefficient (Wildman–Crippen LogP) is 3.46. The summed E-state index contributed by atoms with van der Waals surface area (Å²) >= 11 is 1.43. The first-order valence-corrected chi connectivity index (χ1v) is 8.59. The van der Waals surface area contributed by atoms with Crippen LogP contribution in [0.1, 0.15) is 42.5 Å². The SMILES string of the molecule is CSc1cccc(NCC2(CO)CCCCC2)c1C(=O)O. The van der Waals surface area contributed by atoms with Gasteiger partial charge in [-0.05, 0) is 31.2 Å². The van der Waals surface area contributed by atoms with Crippen LogP contribution in [0.3, 0.4) is 0 Å². The van der Waals surface area contributed by atoms with Gasteiger partial charge in [0.15, 0.2) is 0 Å². The third-order valence-electron chi connectivity index (χ3n) is 4.36. The third-order valence-corrected chi connectivity index (χ3v) is 5.14. The minimum absolute atomic E-state index is 0.108. The number of aliphatic hydroxyl groups excluding tert-OH is 1. The highest BCUT2D eigenvalue weighted by atomic mass is 32.2. The van der Waals surface area contributed by atoms with E-state index in [-0.39, 0.29) is 12.0 Å². The number of carbonyl (C=O) groups is 1. The number of nitrogens with one attached hydrogen (secondary N) is 1. The molecule has 0 radical (unpaired) electrons. The van der Waals surface area contributed by atoms with Crippen molar-refractivity contribution in [2.24, 2.45) is 5.41 Å². The molecule has 0 bridgehead atoms. The number of hydrogen-bond acceptors (Lipinski definition) is 4.